The maximum absolute atomic E-state index is 12.7. The van der Waals surface area contributed by atoms with E-state index in [1.165, 1.54) is 0 Å². The predicted molar refractivity (Wildman–Crippen MR) is 128 cm³/mol. The number of piperazine rings is 1. The molecule has 1 unspecified atom stereocenters. The zero-order chi connectivity index (χ0) is 22.9. The van der Waals surface area contributed by atoms with E-state index in [1.54, 1.807) is 0 Å². The van der Waals surface area contributed by atoms with Gasteiger partial charge in [0.15, 0.2) is 5.96 Å². The molecule has 2 saturated heterocycles. The summed E-state index contributed by atoms with van der Waals surface area (Å²) in [4.78, 5) is 36.2. The van der Waals surface area contributed by atoms with Gasteiger partial charge in [-0.1, -0.05) is 12.1 Å². The Balaban J connectivity index is 1.58. The molecule has 2 N–H and O–H groups in total. The van der Waals surface area contributed by atoms with Crippen molar-refractivity contribution in [1.82, 2.24) is 25.3 Å². The zero-order valence-corrected chi connectivity index (χ0v) is 19.8. The number of aliphatic imine (C=N–C) groups is 1. The lowest BCUT2D eigenvalue weighted by Gasteiger charge is -2.39. The summed E-state index contributed by atoms with van der Waals surface area (Å²) in [6, 6.07) is 7.57. The summed E-state index contributed by atoms with van der Waals surface area (Å²) >= 11 is 0. The fourth-order valence-electron chi connectivity index (χ4n) is 4.34. The van der Waals surface area contributed by atoms with Gasteiger partial charge in [0, 0.05) is 57.9 Å². The summed E-state index contributed by atoms with van der Waals surface area (Å²) in [5.74, 6) is 1.09. The molecular weight excluding hydrogens is 404 g/mol. The van der Waals surface area contributed by atoms with Gasteiger partial charge in [0.05, 0.1) is 12.6 Å². The molecule has 1 aromatic rings. The molecule has 0 spiro atoms. The molecule has 2 fully saturated rings. The van der Waals surface area contributed by atoms with Gasteiger partial charge >= 0.3 is 0 Å². The van der Waals surface area contributed by atoms with Crippen LogP contribution in [0.2, 0.25) is 0 Å². The van der Waals surface area contributed by atoms with E-state index in [-0.39, 0.29) is 17.9 Å². The molecule has 32 heavy (non-hydrogen) atoms. The third kappa shape index (κ3) is 6.22. The number of rotatable bonds is 7. The van der Waals surface area contributed by atoms with Crippen LogP contribution >= 0.6 is 0 Å². The van der Waals surface area contributed by atoms with Gasteiger partial charge in [-0.3, -0.25) is 14.5 Å². The fourth-order valence-corrected chi connectivity index (χ4v) is 4.34. The third-order valence-corrected chi connectivity index (χ3v) is 6.21. The van der Waals surface area contributed by atoms with E-state index in [0.717, 1.165) is 70.2 Å². The molecule has 2 amide bonds. The highest BCUT2D eigenvalue weighted by Crippen LogP contribution is 2.14. The number of carbonyl (C=O) groups is 2. The van der Waals surface area contributed by atoms with Gasteiger partial charge in [-0.25, -0.2) is 4.99 Å². The molecule has 2 aliphatic rings. The first-order chi connectivity index (χ1) is 15.5. The molecule has 2 heterocycles. The molecule has 176 valence electrons. The maximum Gasteiger partial charge on any atom is 0.251 e. The largest absolute Gasteiger partial charge is 0.357 e. The van der Waals surface area contributed by atoms with E-state index in [2.05, 4.69) is 27.4 Å². The van der Waals surface area contributed by atoms with E-state index in [9.17, 15) is 9.59 Å². The second-order valence-electron chi connectivity index (χ2n) is 8.46. The number of amides is 2. The standard InChI is InChI=1S/C24H38N6O2/c1-4-25-22(31)21-10-8-9-20(17-21)18-27-24(26-5-2)30-15-13-28(14-16-30)19(3)23(32)29-11-6-7-12-29/h8-10,17,19H,4-7,11-16,18H2,1-3H3,(H,25,31)(H,26,27). The van der Waals surface area contributed by atoms with Gasteiger partial charge in [-0.2, -0.15) is 0 Å². The van der Waals surface area contributed by atoms with Crippen molar-refractivity contribution in [3.8, 4) is 0 Å². The predicted octanol–water partition coefficient (Wildman–Crippen LogP) is 1.53. The van der Waals surface area contributed by atoms with Crippen LogP contribution in [0.3, 0.4) is 0 Å². The van der Waals surface area contributed by atoms with Gasteiger partial charge in [0.1, 0.15) is 0 Å². The molecule has 1 aromatic carbocycles. The van der Waals surface area contributed by atoms with Crippen LogP contribution in [0.15, 0.2) is 29.3 Å². The summed E-state index contributed by atoms with van der Waals surface area (Å²) in [6.45, 7) is 13.1. The average Bonchev–Trinajstić information content (AvgIpc) is 3.36. The molecule has 0 radical (unpaired) electrons. The van der Waals surface area contributed by atoms with Crippen LogP contribution in [-0.4, -0.2) is 90.9 Å². The lowest BCUT2D eigenvalue weighted by Crippen LogP contribution is -2.57. The summed E-state index contributed by atoms with van der Waals surface area (Å²) in [7, 11) is 0. The summed E-state index contributed by atoms with van der Waals surface area (Å²) < 4.78 is 0. The average molecular weight is 443 g/mol. The second kappa shape index (κ2) is 11.9. The van der Waals surface area contributed by atoms with Crippen molar-refractivity contribution >= 4 is 17.8 Å². The molecule has 0 aromatic heterocycles. The Bertz CT molecular complexity index is 797. The van der Waals surface area contributed by atoms with E-state index in [4.69, 9.17) is 4.99 Å². The normalized spacial score (nSPS) is 18.5. The van der Waals surface area contributed by atoms with Gasteiger partial charge in [-0.15, -0.1) is 0 Å². The van der Waals surface area contributed by atoms with Crippen molar-refractivity contribution in [1.29, 1.82) is 0 Å². The highest BCUT2D eigenvalue weighted by atomic mass is 16.2. The quantitative estimate of drug-likeness (QED) is 0.495. The third-order valence-electron chi connectivity index (χ3n) is 6.21. The molecule has 8 nitrogen and oxygen atoms in total. The SMILES string of the molecule is CCNC(=O)c1cccc(CN=C(NCC)N2CCN(C(C)C(=O)N3CCCC3)CC2)c1. The first-order valence-electron chi connectivity index (χ1n) is 12.0. The van der Waals surface area contributed by atoms with Gasteiger partial charge in [0.2, 0.25) is 5.91 Å². The minimum atomic E-state index is -0.0632. The van der Waals surface area contributed by atoms with E-state index >= 15 is 0 Å². The van der Waals surface area contributed by atoms with Crippen LogP contribution in [0, 0.1) is 0 Å². The first kappa shape index (κ1) is 24.0. The summed E-state index contributed by atoms with van der Waals surface area (Å²) in [5, 5.41) is 6.23. The lowest BCUT2D eigenvalue weighted by molar-refractivity contribution is -0.135. The molecule has 2 aliphatic heterocycles. The highest BCUT2D eigenvalue weighted by molar-refractivity contribution is 5.94. The number of hydrogen-bond acceptors (Lipinski definition) is 4. The van der Waals surface area contributed by atoms with Crippen LogP contribution in [0.5, 0.6) is 0 Å². The molecule has 0 saturated carbocycles. The van der Waals surface area contributed by atoms with Gasteiger partial charge in [0.25, 0.3) is 5.91 Å². The van der Waals surface area contributed by atoms with E-state index in [0.29, 0.717) is 18.7 Å². The molecule has 1 atom stereocenters. The second-order valence-corrected chi connectivity index (χ2v) is 8.46. The monoisotopic (exact) mass is 442 g/mol. The zero-order valence-electron chi connectivity index (χ0n) is 19.8. The Morgan fingerprint density at radius 1 is 0.969 bits per heavy atom. The molecule has 8 heteroatoms. The van der Waals surface area contributed by atoms with Gasteiger partial charge < -0.3 is 20.4 Å². The van der Waals surface area contributed by atoms with Crippen molar-refractivity contribution in [3.05, 3.63) is 35.4 Å². The number of nitrogens with one attached hydrogen (secondary N) is 2. The van der Waals surface area contributed by atoms with Crippen LogP contribution in [-0.2, 0) is 11.3 Å². The van der Waals surface area contributed by atoms with Crippen LogP contribution < -0.4 is 10.6 Å². The number of hydrogen-bond donors (Lipinski definition) is 2. The molecular formula is C24H38N6O2. The Morgan fingerprint density at radius 2 is 1.66 bits per heavy atom. The minimum Gasteiger partial charge on any atom is -0.357 e. The highest BCUT2D eigenvalue weighted by Gasteiger charge is 2.30. The Hall–Kier alpha value is -2.61. The Labute approximate surface area is 192 Å². The van der Waals surface area contributed by atoms with Crippen LogP contribution in [0.1, 0.15) is 49.5 Å². The number of guanidine groups is 1. The molecule has 0 bridgehead atoms. The lowest BCUT2D eigenvalue weighted by atomic mass is 10.1. The number of carbonyl (C=O) groups excluding carboxylic acids is 2. The Morgan fingerprint density at radius 3 is 2.31 bits per heavy atom. The topological polar surface area (TPSA) is 80.3 Å². The first-order valence-corrected chi connectivity index (χ1v) is 12.0. The Kier molecular flexibility index (Phi) is 8.90. The van der Waals surface area contributed by atoms with Gasteiger partial charge in [-0.05, 0) is 51.3 Å². The molecule has 3 rings (SSSR count). The number of nitrogens with zero attached hydrogens (tertiary/aromatic N) is 4. The summed E-state index contributed by atoms with van der Waals surface area (Å²) in [5.41, 5.74) is 1.67. The van der Waals surface area contributed by atoms with Crippen LogP contribution in [0.25, 0.3) is 0 Å². The number of likely N-dealkylation sites (tertiary alicyclic amines) is 1. The minimum absolute atomic E-state index is 0.0565. The van der Waals surface area contributed by atoms with Crippen molar-refractivity contribution < 1.29 is 9.59 Å². The van der Waals surface area contributed by atoms with Crippen molar-refractivity contribution in [2.75, 3.05) is 52.4 Å². The fraction of sp³-hybridized carbons (Fsp3) is 0.625. The van der Waals surface area contributed by atoms with Crippen molar-refractivity contribution in [3.63, 3.8) is 0 Å². The van der Waals surface area contributed by atoms with Crippen LogP contribution in [0.4, 0.5) is 0 Å². The van der Waals surface area contributed by atoms with Crippen molar-refractivity contribution in [2.24, 2.45) is 4.99 Å². The summed E-state index contributed by atoms with van der Waals surface area (Å²) in [6.07, 6.45) is 2.25. The maximum atomic E-state index is 12.7. The van der Waals surface area contributed by atoms with Crippen molar-refractivity contribution in [2.45, 2.75) is 46.2 Å². The number of benzene rings is 1. The smallest absolute Gasteiger partial charge is 0.251 e. The van der Waals surface area contributed by atoms with E-state index < -0.39 is 0 Å². The van der Waals surface area contributed by atoms with E-state index in [1.807, 2.05) is 43.0 Å². The molecule has 0 aliphatic carbocycles.